The average molecular weight is 1430 g/mol. The van der Waals surface area contributed by atoms with Gasteiger partial charge in [0.05, 0.1) is 33.4 Å². The molecule has 7 saturated carbocycles. The topological polar surface area (TPSA) is 222 Å². The number of rotatable bonds is 7. The molecule has 17 rings (SSSR count). The normalized spacial score (nSPS) is 16.8. The molecular formula is C69H69B2Br4N9O4. The monoisotopic (exact) mass is 1430 g/mol. The number of nitriles is 4. The number of halogens is 4. The smallest absolute Gasteiger partial charge is 0.427 e. The number of nitrogens with one attached hydrogen (secondary N) is 2. The highest BCUT2D eigenvalue weighted by atomic mass is 79.9. The maximum Gasteiger partial charge on any atom is 0.507 e. The van der Waals surface area contributed by atoms with Crippen LogP contribution in [0.25, 0.3) is 54.5 Å². The van der Waals surface area contributed by atoms with Crippen molar-refractivity contribution < 1.29 is 20.1 Å². The first-order valence-corrected chi connectivity index (χ1v) is 34.1. The van der Waals surface area contributed by atoms with Gasteiger partial charge in [-0.15, -0.1) is 0 Å². The number of fused-ring (bicyclic) bond motifs is 5. The second-order valence-electron chi connectivity index (χ2n) is 24.2. The number of hydrogen-bond acceptors (Lipinski definition) is 8. The largest absolute Gasteiger partial charge is 0.507 e. The van der Waals surface area contributed by atoms with Crippen molar-refractivity contribution >= 4 is 138 Å². The Morgan fingerprint density at radius 1 is 0.466 bits per heavy atom. The maximum absolute atomic E-state index is 9.76. The van der Waals surface area contributed by atoms with Gasteiger partial charge in [0, 0.05) is 105 Å². The molecule has 7 aliphatic rings. The number of hydrogen-bond donors (Lipinski definition) is 6. The van der Waals surface area contributed by atoms with Gasteiger partial charge in [-0.1, -0.05) is 125 Å². The minimum absolute atomic E-state index is 0.213. The third-order valence-corrected chi connectivity index (χ3v) is 20.5. The van der Waals surface area contributed by atoms with Crippen LogP contribution in [0, 0.1) is 45.3 Å². The molecule has 10 aromatic rings. The molecule has 19 heteroatoms. The van der Waals surface area contributed by atoms with Crippen molar-refractivity contribution in [2.24, 2.45) is 0 Å². The average Bonchev–Trinajstić information content (AvgIpc) is 2.78. The third-order valence-electron chi connectivity index (χ3n) is 18.2. The van der Waals surface area contributed by atoms with E-state index in [0.29, 0.717) is 40.8 Å². The van der Waals surface area contributed by atoms with Crippen LogP contribution in [0.2, 0.25) is 5.82 Å². The molecule has 5 aromatic carbocycles. The fraction of sp³-hybridized carbons (Fsp3) is 0.362. The van der Waals surface area contributed by atoms with Crippen LogP contribution in [0.1, 0.15) is 179 Å². The Morgan fingerprint density at radius 3 is 1.40 bits per heavy atom. The van der Waals surface area contributed by atoms with Gasteiger partial charge in [0.15, 0.2) is 0 Å². The number of nitrogens with zero attached hydrogens (tertiary/aromatic N) is 7. The Kier molecular flexibility index (Phi) is 20.6. The van der Waals surface area contributed by atoms with E-state index < -0.39 is 14.2 Å². The molecule has 0 amide bonds. The SMILES string of the molecule is BrC1CCC1.Brc1ccc2cc[nH]c2c1.N#Cc1c(B(O)O)n(C2CCC2)c2cc(C3CC3)ccc12.N#Cc1c[nH]c2cc(Br)ccc12.N#Cc1cn(C2CCC2)c2cc(Br)ccc12.N#Cc1cn(C2CCC2)c2cc(C3CC3)ccc12.OB(O)C1CC1. The zero-order valence-electron chi connectivity index (χ0n) is 48.9. The standard InChI is InChI=1S/C16H17BN2O2.C16H16N2.C13H11BrN2.C9H5BrN2.C8H6BrN.C4H7Br.C3H7BO2/c18-9-14-13-7-6-11(10-4-5-10)8-15(13)19(12-2-1-3-12)16(14)17(20)21;17-9-13-10-18(14-2-1-3-14)16-8-12(11-4-5-11)6-7-15(13)16;14-10-4-5-12-9(7-15)8-16(13(12)6-10)11-2-1-3-11;10-7-1-2-8-6(4-11)5-12-9(8)3-7;9-7-2-1-6-3-4-10-8(6)5-7;5-4-2-1-3-4;5-4(6)3-1-2-3/h6-8,10,12,20-21H,1-5H2;6-8,10-11,14H,1-5H2;4-6,8,11H,1-3H2;1-3,5,12H;1-5,10H;4H,1-3H2;3,5-6H,1-2H2. The summed E-state index contributed by atoms with van der Waals surface area (Å²) in [5, 5.41) is 77.8. The molecule has 0 unspecified atom stereocenters. The van der Waals surface area contributed by atoms with E-state index in [-0.39, 0.29) is 5.82 Å². The van der Waals surface area contributed by atoms with Gasteiger partial charge in [0.1, 0.15) is 24.3 Å². The van der Waals surface area contributed by atoms with E-state index >= 15 is 0 Å². The summed E-state index contributed by atoms with van der Waals surface area (Å²) in [6.07, 6.45) is 30.0. The van der Waals surface area contributed by atoms with Gasteiger partial charge in [-0.2, -0.15) is 21.0 Å². The van der Waals surface area contributed by atoms with Gasteiger partial charge in [0.25, 0.3) is 0 Å². The van der Waals surface area contributed by atoms with E-state index in [1.54, 1.807) is 6.20 Å². The van der Waals surface area contributed by atoms with Crippen LogP contribution in [0.15, 0.2) is 135 Å². The van der Waals surface area contributed by atoms with Gasteiger partial charge in [0.2, 0.25) is 0 Å². The fourth-order valence-electron chi connectivity index (χ4n) is 11.7. The molecule has 7 aliphatic carbocycles. The summed E-state index contributed by atoms with van der Waals surface area (Å²) in [4.78, 5) is 7.04. The first-order valence-electron chi connectivity index (χ1n) is 30.8. The van der Waals surface area contributed by atoms with E-state index in [9.17, 15) is 20.6 Å². The van der Waals surface area contributed by atoms with Gasteiger partial charge >= 0.3 is 14.2 Å². The molecule has 0 radical (unpaired) electrons. The lowest BCUT2D eigenvalue weighted by atomic mass is 9.81. The lowest BCUT2D eigenvalue weighted by Gasteiger charge is -2.30. The molecule has 5 aromatic heterocycles. The molecule has 0 saturated heterocycles. The highest BCUT2D eigenvalue weighted by Crippen LogP contribution is 2.45. The van der Waals surface area contributed by atoms with E-state index in [1.165, 1.54) is 117 Å². The van der Waals surface area contributed by atoms with Gasteiger partial charge in [-0.3, -0.25) is 0 Å². The molecule has 0 bridgehead atoms. The Morgan fingerprint density at radius 2 is 0.943 bits per heavy atom. The van der Waals surface area contributed by atoms with Crippen molar-refractivity contribution in [3.05, 3.63) is 169 Å². The number of benzene rings is 5. The number of aromatic nitrogens is 5. The number of aromatic amines is 2. The summed E-state index contributed by atoms with van der Waals surface area (Å²) in [5.41, 5.74) is 11.5. The molecule has 448 valence electrons. The van der Waals surface area contributed by atoms with Crippen molar-refractivity contribution in [3.8, 4) is 24.3 Å². The Bertz CT molecular complexity index is 4280. The second kappa shape index (κ2) is 28.6. The summed E-state index contributed by atoms with van der Waals surface area (Å²) >= 11 is 13.7. The fourth-order valence-corrected chi connectivity index (χ4v) is 13.4. The first-order chi connectivity index (χ1) is 42.7. The lowest BCUT2D eigenvalue weighted by Crippen LogP contribution is -2.41. The summed E-state index contributed by atoms with van der Waals surface area (Å²) in [6.45, 7) is 0. The van der Waals surface area contributed by atoms with Crippen molar-refractivity contribution in [1.82, 2.24) is 23.7 Å². The molecule has 7 fully saturated rings. The second-order valence-corrected chi connectivity index (χ2v) is 28.3. The van der Waals surface area contributed by atoms with Gasteiger partial charge in [-0.05, 0) is 185 Å². The van der Waals surface area contributed by atoms with Crippen LogP contribution in [0.3, 0.4) is 0 Å². The van der Waals surface area contributed by atoms with E-state index in [2.05, 4.69) is 168 Å². The van der Waals surface area contributed by atoms with Crippen LogP contribution in [0.5, 0.6) is 0 Å². The van der Waals surface area contributed by atoms with Crippen molar-refractivity contribution in [2.45, 2.75) is 156 Å². The van der Waals surface area contributed by atoms with E-state index in [1.807, 2.05) is 59.4 Å². The van der Waals surface area contributed by atoms with Gasteiger partial charge in [-0.25, -0.2) is 0 Å². The van der Waals surface area contributed by atoms with Gasteiger partial charge < -0.3 is 43.8 Å². The van der Waals surface area contributed by atoms with Crippen LogP contribution < -0.4 is 5.59 Å². The summed E-state index contributed by atoms with van der Waals surface area (Å²) in [7, 11) is -2.64. The van der Waals surface area contributed by atoms with Crippen LogP contribution in [-0.4, -0.2) is 62.8 Å². The predicted octanol–water partition coefficient (Wildman–Crippen LogP) is 17.2. The number of H-pyrrole nitrogens is 2. The quantitative estimate of drug-likeness (QED) is 0.0664. The molecule has 6 N–H and O–H groups in total. The predicted molar refractivity (Wildman–Crippen MR) is 367 cm³/mol. The zero-order chi connectivity index (χ0) is 61.6. The van der Waals surface area contributed by atoms with E-state index in [0.717, 1.165) is 100.0 Å². The molecule has 0 spiro atoms. The lowest BCUT2D eigenvalue weighted by molar-refractivity contribution is 0.321. The summed E-state index contributed by atoms with van der Waals surface area (Å²) < 4.78 is 9.83. The number of alkyl halides is 1. The Balaban J connectivity index is 0.000000111. The molecule has 13 nitrogen and oxygen atoms in total. The van der Waals surface area contributed by atoms with Crippen LogP contribution >= 0.6 is 63.7 Å². The van der Waals surface area contributed by atoms with Crippen molar-refractivity contribution in [1.29, 1.82) is 21.0 Å². The van der Waals surface area contributed by atoms with Crippen molar-refractivity contribution in [2.75, 3.05) is 0 Å². The van der Waals surface area contributed by atoms with E-state index in [4.69, 9.17) is 20.6 Å². The Hall–Kier alpha value is -6.35. The van der Waals surface area contributed by atoms with Crippen LogP contribution in [-0.2, 0) is 0 Å². The molecular weight excluding hydrogens is 1360 g/mol. The molecule has 0 atom stereocenters. The molecule has 0 aliphatic heterocycles. The summed E-state index contributed by atoms with van der Waals surface area (Å²) in [6, 6.07) is 43.5. The van der Waals surface area contributed by atoms with Crippen LogP contribution in [0.4, 0.5) is 0 Å². The first kappa shape index (κ1) is 63.2. The Labute approximate surface area is 547 Å². The van der Waals surface area contributed by atoms with Crippen molar-refractivity contribution in [3.63, 3.8) is 0 Å². The molecule has 5 heterocycles. The highest BCUT2D eigenvalue weighted by molar-refractivity contribution is 9.11. The third kappa shape index (κ3) is 14.8. The minimum atomic E-state index is -1.60. The highest BCUT2D eigenvalue weighted by Gasteiger charge is 2.35. The minimum Gasteiger partial charge on any atom is -0.427 e. The maximum atomic E-state index is 9.76. The zero-order valence-corrected chi connectivity index (χ0v) is 55.2. The summed E-state index contributed by atoms with van der Waals surface area (Å²) in [5.74, 6) is 1.64. The molecule has 88 heavy (non-hydrogen) atoms.